The molecule has 2 atom stereocenters. The van der Waals surface area contributed by atoms with Gasteiger partial charge in [0.15, 0.2) is 0 Å². The summed E-state index contributed by atoms with van der Waals surface area (Å²) in [6, 6.07) is -0.533. The predicted octanol–water partition coefficient (Wildman–Crippen LogP) is 2.67. The lowest BCUT2D eigenvalue weighted by molar-refractivity contribution is -0.384. The first-order valence-electron chi connectivity index (χ1n) is 5.84. The van der Waals surface area contributed by atoms with Crippen LogP contribution >= 0.6 is 0 Å². The maximum absolute atomic E-state index is 12.7. The summed E-state index contributed by atoms with van der Waals surface area (Å²) in [5, 5.41) is 14.4. The summed E-state index contributed by atoms with van der Waals surface area (Å²) in [5.74, 6) is -1.58. The van der Waals surface area contributed by atoms with Crippen molar-refractivity contribution in [2.24, 2.45) is 5.92 Å². The maximum atomic E-state index is 12.7. The molecule has 0 amide bonds. The molecule has 2 unspecified atom stereocenters. The number of alkyl halides is 3. The van der Waals surface area contributed by atoms with Gasteiger partial charge in [0.2, 0.25) is 5.82 Å². The predicted molar refractivity (Wildman–Crippen MR) is 60.3 cm³/mol. The van der Waals surface area contributed by atoms with Gasteiger partial charge in [0.1, 0.15) is 6.20 Å². The van der Waals surface area contributed by atoms with Gasteiger partial charge in [0.05, 0.1) is 16.9 Å². The van der Waals surface area contributed by atoms with Gasteiger partial charge in [-0.3, -0.25) is 10.1 Å². The molecule has 6 nitrogen and oxygen atoms in total. The number of anilines is 1. The summed E-state index contributed by atoms with van der Waals surface area (Å²) >= 11 is 0. The smallest absolute Gasteiger partial charge is 0.378 e. The number of nitrogen functional groups attached to an aromatic ring is 1. The highest BCUT2D eigenvalue weighted by atomic mass is 19.4. The van der Waals surface area contributed by atoms with Crippen LogP contribution in [-0.2, 0) is 0 Å². The Balaban J connectivity index is 2.20. The Labute approximate surface area is 106 Å². The molecule has 19 heavy (non-hydrogen) atoms. The molecule has 0 aromatic carbocycles. The molecular formula is C10H13F3N4O2. The maximum Gasteiger partial charge on any atom is 0.391 e. The largest absolute Gasteiger partial charge is 0.391 e. The van der Waals surface area contributed by atoms with Crippen LogP contribution in [0.4, 0.5) is 24.7 Å². The zero-order valence-corrected chi connectivity index (χ0v) is 9.93. The molecule has 1 heterocycles. The van der Waals surface area contributed by atoms with E-state index >= 15 is 0 Å². The molecule has 0 radical (unpaired) electrons. The number of rotatable bonds is 2. The Bertz CT molecular complexity index is 486. The zero-order valence-electron chi connectivity index (χ0n) is 9.93. The van der Waals surface area contributed by atoms with Crippen LogP contribution in [-0.4, -0.2) is 20.9 Å². The number of aromatic nitrogens is 2. The minimum Gasteiger partial charge on any atom is -0.378 e. The zero-order chi connectivity index (χ0) is 14.2. The van der Waals surface area contributed by atoms with Crippen molar-refractivity contribution in [2.45, 2.75) is 37.9 Å². The van der Waals surface area contributed by atoms with Crippen LogP contribution in [0.15, 0.2) is 6.20 Å². The van der Waals surface area contributed by atoms with Crippen LogP contribution in [0, 0.1) is 16.0 Å². The van der Waals surface area contributed by atoms with Crippen LogP contribution in [0.2, 0.25) is 0 Å². The topological polar surface area (TPSA) is 87.0 Å². The summed E-state index contributed by atoms with van der Waals surface area (Å²) in [5.41, 5.74) is 5.20. The Morgan fingerprint density at radius 3 is 2.68 bits per heavy atom. The van der Waals surface area contributed by atoms with Crippen LogP contribution in [0.5, 0.6) is 0 Å². The number of hydrogen-bond donors (Lipinski definition) is 1. The molecule has 1 aromatic rings. The van der Waals surface area contributed by atoms with Gasteiger partial charge in [-0.2, -0.15) is 18.3 Å². The monoisotopic (exact) mass is 278 g/mol. The SMILES string of the molecule is Nc1c([N+](=O)[O-])cnn1C1CCCC(C(F)(F)F)C1. The first kappa shape index (κ1) is 13.6. The molecular weight excluding hydrogens is 265 g/mol. The number of nitrogens with two attached hydrogens (primary N) is 1. The lowest BCUT2D eigenvalue weighted by Gasteiger charge is -2.30. The van der Waals surface area contributed by atoms with E-state index in [4.69, 9.17) is 5.73 Å². The van der Waals surface area contributed by atoms with Crippen molar-refractivity contribution < 1.29 is 18.1 Å². The molecule has 2 rings (SSSR count). The third kappa shape index (κ3) is 2.64. The molecule has 0 aliphatic heterocycles. The number of nitrogens with zero attached hydrogens (tertiary/aromatic N) is 3. The van der Waals surface area contributed by atoms with Gasteiger partial charge in [-0.25, -0.2) is 4.68 Å². The molecule has 0 spiro atoms. The lowest BCUT2D eigenvalue weighted by Crippen LogP contribution is -2.30. The average Bonchev–Trinajstić information content (AvgIpc) is 2.70. The minimum absolute atomic E-state index is 0.0866. The van der Waals surface area contributed by atoms with Gasteiger partial charge < -0.3 is 5.73 Å². The van der Waals surface area contributed by atoms with Crippen LogP contribution in [0.3, 0.4) is 0 Å². The third-order valence-corrected chi connectivity index (χ3v) is 3.47. The summed E-state index contributed by atoms with van der Waals surface area (Å²) in [7, 11) is 0. The van der Waals surface area contributed by atoms with Gasteiger partial charge >= 0.3 is 11.9 Å². The highest BCUT2D eigenvalue weighted by Gasteiger charge is 2.43. The van der Waals surface area contributed by atoms with E-state index in [2.05, 4.69) is 5.10 Å². The van der Waals surface area contributed by atoms with Crippen molar-refractivity contribution in [3.63, 3.8) is 0 Å². The molecule has 106 valence electrons. The average molecular weight is 278 g/mol. The lowest BCUT2D eigenvalue weighted by atomic mass is 9.85. The summed E-state index contributed by atoms with van der Waals surface area (Å²) in [6.07, 6.45) is -2.41. The van der Waals surface area contributed by atoms with Crippen molar-refractivity contribution in [3.05, 3.63) is 16.3 Å². The summed E-state index contributed by atoms with van der Waals surface area (Å²) in [4.78, 5) is 9.94. The highest BCUT2D eigenvalue weighted by Crippen LogP contribution is 2.42. The van der Waals surface area contributed by atoms with E-state index in [1.807, 2.05) is 0 Å². The van der Waals surface area contributed by atoms with Gasteiger partial charge in [0.25, 0.3) is 0 Å². The Kier molecular flexibility index (Phi) is 3.38. The standard InChI is InChI=1S/C10H13F3N4O2/c11-10(12,13)6-2-1-3-7(4-6)16-9(14)8(5-15-16)17(18)19/h5-7H,1-4,14H2. The molecule has 0 bridgehead atoms. The Morgan fingerprint density at radius 1 is 1.47 bits per heavy atom. The van der Waals surface area contributed by atoms with Crippen LogP contribution in [0.1, 0.15) is 31.7 Å². The summed E-state index contributed by atoms with van der Waals surface area (Å²) in [6.45, 7) is 0. The normalized spacial score (nSPS) is 24.4. The van der Waals surface area contributed by atoms with Crippen molar-refractivity contribution in [2.75, 3.05) is 5.73 Å². The van der Waals surface area contributed by atoms with E-state index in [0.717, 1.165) is 10.9 Å². The number of nitro groups is 1. The number of halogens is 3. The van der Waals surface area contributed by atoms with Crippen molar-refractivity contribution in [3.8, 4) is 0 Å². The second-order valence-corrected chi connectivity index (χ2v) is 4.68. The Morgan fingerprint density at radius 2 is 2.16 bits per heavy atom. The molecule has 1 aliphatic carbocycles. The highest BCUT2D eigenvalue weighted by molar-refractivity contribution is 5.51. The van der Waals surface area contributed by atoms with E-state index < -0.39 is 23.1 Å². The molecule has 1 aliphatic rings. The van der Waals surface area contributed by atoms with E-state index in [1.54, 1.807) is 0 Å². The van der Waals surface area contributed by atoms with E-state index in [9.17, 15) is 23.3 Å². The van der Waals surface area contributed by atoms with Gasteiger partial charge in [-0.1, -0.05) is 6.42 Å². The van der Waals surface area contributed by atoms with Crippen molar-refractivity contribution in [1.29, 1.82) is 0 Å². The van der Waals surface area contributed by atoms with Crippen molar-refractivity contribution >= 4 is 11.5 Å². The fraction of sp³-hybridized carbons (Fsp3) is 0.700. The first-order valence-corrected chi connectivity index (χ1v) is 5.84. The molecule has 2 N–H and O–H groups in total. The third-order valence-electron chi connectivity index (χ3n) is 3.47. The van der Waals surface area contributed by atoms with Gasteiger partial charge in [0, 0.05) is 0 Å². The Hall–Kier alpha value is -1.80. The first-order chi connectivity index (χ1) is 8.80. The summed E-state index contributed by atoms with van der Waals surface area (Å²) < 4.78 is 39.2. The second kappa shape index (κ2) is 4.71. The van der Waals surface area contributed by atoms with Crippen molar-refractivity contribution in [1.82, 2.24) is 9.78 Å². The molecule has 9 heteroatoms. The van der Waals surface area contributed by atoms with E-state index in [-0.39, 0.29) is 24.3 Å². The van der Waals surface area contributed by atoms with Crippen LogP contribution < -0.4 is 5.73 Å². The molecule has 1 fully saturated rings. The second-order valence-electron chi connectivity index (χ2n) is 4.68. The van der Waals surface area contributed by atoms with E-state index in [0.29, 0.717) is 12.8 Å². The molecule has 1 aromatic heterocycles. The minimum atomic E-state index is -4.24. The quantitative estimate of drug-likeness (QED) is 0.665. The van der Waals surface area contributed by atoms with Crippen LogP contribution in [0.25, 0.3) is 0 Å². The van der Waals surface area contributed by atoms with E-state index in [1.165, 1.54) is 0 Å². The number of hydrogen-bond acceptors (Lipinski definition) is 4. The molecule has 0 saturated heterocycles. The molecule has 1 saturated carbocycles. The van der Waals surface area contributed by atoms with Gasteiger partial charge in [-0.05, 0) is 19.3 Å². The fourth-order valence-corrected chi connectivity index (χ4v) is 2.48. The fourth-order valence-electron chi connectivity index (χ4n) is 2.48. The van der Waals surface area contributed by atoms with Gasteiger partial charge in [-0.15, -0.1) is 0 Å².